The van der Waals surface area contributed by atoms with Crippen LogP contribution < -0.4 is 0 Å². The van der Waals surface area contributed by atoms with Crippen molar-refractivity contribution in [2.24, 2.45) is 4.99 Å². The number of fused-ring (bicyclic) bond motifs is 2. The number of Topliss-reactive ketones (excluding diaryl/α,β-unsaturated/α-hetero) is 1. The van der Waals surface area contributed by atoms with Crippen LogP contribution in [0.2, 0.25) is 0 Å². The van der Waals surface area contributed by atoms with Gasteiger partial charge in [0, 0.05) is 160 Å². The molecule has 0 aliphatic carbocycles. The number of rotatable bonds is 4. The van der Waals surface area contributed by atoms with Crippen molar-refractivity contribution in [3.63, 3.8) is 0 Å². The molecule has 0 amide bonds. The molecule has 0 bridgehead atoms. The van der Waals surface area contributed by atoms with Crippen LogP contribution >= 0.6 is 0 Å². The molecule has 0 unspecified atom stereocenters. The van der Waals surface area contributed by atoms with Crippen LogP contribution in [0.1, 0.15) is 16.1 Å². The molecule has 0 fully saturated rings. The third-order valence-electron chi connectivity index (χ3n) is 4.59. The smallest absolute Gasteiger partial charge is 0.296 e. The first-order chi connectivity index (χ1) is 14.6. The largest absolute Gasteiger partial charge is 0.505 e. The summed E-state index contributed by atoms with van der Waals surface area (Å²) in [5, 5.41) is 10.1. The second-order valence-corrected chi connectivity index (χ2v) is 10.8. The molecular formula is C16H10K3N2O11S3. The molecule has 171 valence electrons. The van der Waals surface area contributed by atoms with Gasteiger partial charge in [-0.25, -0.2) is 4.99 Å². The molecule has 35 heavy (non-hydrogen) atoms. The number of benzene rings is 2. The Morgan fingerprint density at radius 2 is 1.34 bits per heavy atom. The van der Waals surface area contributed by atoms with Crippen molar-refractivity contribution in [3.05, 3.63) is 41.6 Å². The number of hydrogen-bond donors (Lipinski definition) is 5. The first kappa shape index (κ1) is 34.8. The summed E-state index contributed by atoms with van der Waals surface area (Å²) in [4.78, 5) is 16.6. The summed E-state index contributed by atoms with van der Waals surface area (Å²) < 4.78 is 97.0. The molecule has 2 heterocycles. The number of aromatic nitrogens is 1. The van der Waals surface area contributed by atoms with Gasteiger partial charge in [-0.3, -0.25) is 18.5 Å². The Balaban J connectivity index is 0.00000204. The van der Waals surface area contributed by atoms with E-state index in [4.69, 9.17) is 4.55 Å². The van der Waals surface area contributed by atoms with E-state index in [9.17, 15) is 44.3 Å². The summed E-state index contributed by atoms with van der Waals surface area (Å²) in [5.41, 5.74) is -1.72. The van der Waals surface area contributed by atoms with Gasteiger partial charge in [0.25, 0.3) is 30.4 Å². The van der Waals surface area contributed by atoms with Crippen LogP contribution in [0.15, 0.2) is 50.0 Å². The maximum absolute atomic E-state index is 12.8. The molecule has 4 rings (SSSR count). The quantitative estimate of drug-likeness (QED) is 0.189. The Morgan fingerprint density at radius 3 is 1.86 bits per heavy atom. The molecule has 5 N–H and O–H groups in total. The van der Waals surface area contributed by atoms with Crippen molar-refractivity contribution >= 4 is 213 Å². The fourth-order valence-corrected chi connectivity index (χ4v) is 4.98. The van der Waals surface area contributed by atoms with E-state index in [-0.39, 0.29) is 165 Å². The molecule has 3 radical (unpaired) electrons. The monoisotopic (exact) mass is 619 g/mol. The van der Waals surface area contributed by atoms with Crippen molar-refractivity contribution in [3.8, 4) is 5.75 Å². The van der Waals surface area contributed by atoms with Crippen LogP contribution in [0.25, 0.3) is 10.9 Å². The van der Waals surface area contributed by atoms with Gasteiger partial charge in [0.05, 0.1) is 26.6 Å². The van der Waals surface area contributed by atoms with Crippen LogP contribution in [-0.2, 0) is 30.4 Å². The second kappa shape index (κ2) is 12.1. The van der Waals surface area contributed by atoms with Gasteiger partial charge >= 0.3 is 0 Å². The number of carbonyl (C=O) groups is 1. The Bertz CT molecular complexity index is 1730. The molecule has 13 nitrogen and oxygen atoms in total. The maximum Gasteiger partial charge on any atom is 0.296 e. The number of H-pyrrole nitrogens is 1. The number of carbonyl (C=O) groups excluding carboxylic acids is 1. The van der Waals surface area contributed by atoms with E-state index in [2.05, 4.69) is 9.98 Å². The van der Waals surface area contributed by atoms with Gasteiger partial charge in [-0.15, -0.1) is 0 Å². The number of ketones is 1. The van der Waals surface area contributed by atoms with Crippen molar-refractivity contribution in [1.29, 1.82) is 0 Å². The molecule has 0 atom stereocenters. The van der Waals surface area contributed by atoms with Crippen LogP contribution in [0.4, 0.5) is 5.69 Å². The predicted molar refractivity (Wildman–Crippen MR) is 124 cm³/mol. The topological polar surface area (TPSA) is 229 Å². The van der Waals surface area contributed by atoms with Gasteiger partial charge in [0.1, 0.15) is 16.3 Å². The molecule has 0 saturated carbocycles. The molecule has 1 aliphatic heterocycles. The van der Waals surface area contributed by atoms with E-state index in [1.54, 1.807) is 0 Å². The number of nitrogens with one attached hydrogen (secondary N) is 1. The van der Waals surface area contributed by atoms with Gasteiger partial charge in [-0.05, 0) is 30.3 Å². The minimum absolute atomic E-state index is 0. The van der Waals surface area contributed by atoms with Crippen LogP contribution in [0, 0.1) is 0 Å². The fourth-order valence-electron chi connectivity index (χ4n) is 3.17. The standard InChI is InChI=1S/C16H10N2O11S3.3K/c19-15-8-3-6(30(21,22)23)1-2-10(8)17-13(15)14-16(20)9-4-7(31(24,25)26)5-11(12(9)18-14)32(27,28)29;;;/h1-5,18,20H,(H,21,22,23)(H,24,25,26)(H,27,28,29);;;. The Kier molecular flexibility index (Phi) is 12.0. The molecule has 3 aromatic rings. The molecule has 19 heteroatoms. The van der Waals surface area contributed by atoms with Crippen LogP contribution in [0.3, 0.4) is 0 Å². The summed E-state index contributed by atoms with van der Waals surface area (Å²) in [6, 6.07) is 4.09. The Labute approximate surface area is 326 Å². The van der Waals surface area contributed by atoms with Crippen molar-refractivity contribution in [2.75, 3.05) is 0 Å². The van der Waals surface area contributed by atoms with E-state index in [0.717, 1.165) is 18.2 Å². The summed E-state index contributed by atoms with van der Waals surface area (Å²) >= 11 is 0. The summed E-state index contributed by atoms with van der Waals surface area (Å²) in [6.07, 6.45) is 0. The minimum atomic E-state index is -5.07. The molecule has 2 aromatic carbocycles. The van der Waals surface area contributed by atoms with Crippen LogP contribution in [-0.4, -0.2) is 215 Å². The van der Waals surface area contributed by atoms with Gasteiger partial charge in [-0.1, -0.05) is 0 Å². The molecule has 0 saturated heterocycles. The van der Waals surface area contributed by atoms with Crippen molar-refractivity contribution in [2.45, 2.75) is 14.7 Å². The number of aromatic amines is 1. The Morgan fingerprint density at radius 1 is 0.771 bits per heavy atom. The zero-order valence-electron chi connectivity index (χ0n) is 18.2. The SMILES string of the molecule is O=C1C(c2[nH]c3c(S(=O)(=O)O)cc(S(=O)(=O)O)cc3c2O)=Nc2ccc(S(=O)(=O)O)cc21.[K].[K].[K]. The third-order valence-corrected chi connectivity index (χ3v) is 7.15. The zero-order valence-corrected chi connectivity index (χ0v) is 30.0. The van der Waals surface area contributed by atoms with Crippen LogP contribution in [0.5, 0.6) is 5.75 Å². The van der Waals surface area contributed by atoms with E-state index in [0.29, 0.717) is 12.1 Å². The zero-order chi connectivity index (χ0) is 23.8. The first-order valence-corrected chi connectivity index (χ1v) is 12.5. The first-order valence-electron chi connectivity index (χ1n) is 8.18. The van der Waals surface area contributed by atoms with E-state index < -0.39 is 78.9 Å². The summed E-state index contributed by atoms with van der Waals surface area (Å²) in [5.74, 6) is -1.74. The Hall–Kier alpha value is 1.76. The average molecular weight is 620 g/mol. The van der Waals surface area contributed by atoms with Gasteiger partial charge < -0.3 is 10.1 Å². The van der Waals surface area contributed by atoms with Gasteiger partial charge in [0.2, 0.25) is 5.78 Å². The number of aromatic hydroxyl groups is 1. The normalized spacial score (nSPS) is 13.3. The fraction of sp³-hybridized carbons (Fsp3) is 0. The minimum Gasteiger partial charge on any atom is -0.505 e. The number of hydrogen-bond acceptors (Lipinski definition) is 9. The number of aliphatic imine (C=N–C) groups is 1. The van der Waals surface area contributed by atoms with E-state index >= 15 is 0 Å². The number of nitrogens with zero attached hydrogens (tertiary/aromatic N) is 1. The van der Waals surface area contributed by atoms with Crippen molar-refractivity contribution < 1.29 is 48.8 Å². The third kappa shape index (κ3) is 6.92. The molecule has 0 spiro atoms. The van der Waals surface area contributed by atoms with E-state index in [1.807, 2.05) is 0 Å². The molecular weight excluding hydrogens is 610 g/mol. The van der Waals surface area contributed by atoms with Gasteiger partial charge in [0.15, 0.2) is 5.75 Å². The average Bonchev–Trinajstić information content (AvgIpc) is 3.16. The van der Waals surface area contributed by atoms with E-state index in [1.165, 1.54) is 0 Å². The molecule has 1 aromatic heterocycles. The molecule has 1 aliphatic rings. The van der Waals surface area contributed by atoms with Gasteiger partial charge in [-0.2, -0.15) is 25.3 Å². The summed E-state index contributed by atoms with van der Waals surface area (Å²) in [7, 11) is -14.7. The predicted octanol–water partition coefficient (Wildman–Crippen LogP) is -0.212. The maximum atomic E-state index is 12.8. The second-order valence-electron chi connectivity index (χ2n) is 6.59. The summed E-state index contributed by atoms with van der Waals surface area (Å²) in [6.45, 7) is 0. The van der Waals surface area contributed by atoms with Crippen molar-refractivity contribution in [1.82, 2.24) is 4.98 Å².